The number of hydrogen-bond acceptors (Lipinski definition) is 1. The van der Waals surface area contributed by atoms with Crippen molar-refractivity contribution in [2.75, 3.05) is 6.61 Å². The zero-order valence-corrected chi connectivity index (χ0v) is 8.01. The Bertz CT molecular complexity index is 275. The Morgan fingerprint density at radius 2 is 2.25 bits per heavy atom. The maximum Gasteiger partial charge on any atom is 0.137 e. The third-order valence-electron chi connectivity index (χ3n) is 1.64. The standard InChI is InChI=1S/C9H9BrFO/c1-6(5-12)7-2-3-8(10)9(11)4-7/h2-4,6,12H,1,5H2. The van der Waals surface area contributed by atoms with Crippen LogP contribution >= 0.6 is 15.9 Å². The van der Waals surface area contributed by atoms with Gasteiger partial charge in [-0.05, 0) is 40.5 Å². The lowest BCUT2D eigenvalue weighted by molar-refractivity contribution is 0.282. The molecule has 3 heteroatoms. The smallest absolute Gasteiger partial charge is 0.137 e. The van der Waals surface area contributed by atoms with Crippen molar-refractivity contribution in [3.05, 3.63) is 41.0 Å². The lowest BCUT2D eigenvalue weighted by Crippen LogP contribution is -1.99. The van der Waals surface area contributed by atoms with E-state index in [1.165, 1.54) is 6.07 Å². The van der Waals surface area contributed by atoms with Gasteiger partial charge in [-0.2, -0.15) is 0 Å². The Kier molecular flexibility index (Phi) is 3.23. The Morgan fingerprint density at radius 3 is 2.75 bits per heavy atom. The van der Waals surface area contributed by atoms with E-state index >= 15 is 0 Å². The molecule has 65 valence electrons. The fourth-order valence-corrected chi connectivity index (χ4v) is 1.12. The molecule has 0 aliphatic carbocycles. The molecule has 0 fully saturated rings. The summed E-state index contributed by atoms with van der Waals surface area (Å²) in [4.78, 5) is 0. The van der Waals surface area contributed by atoms with E-state index in [0.29, 0.717) is 10.0 Å². The van der Waals surface area contributed by atoms with Crippen molar-refractivity contribution in [3.63, 3.8) is 0 Å². The van der Waals surface area contributed by atoms with Gasteiger partial charge in [-0.3, -0.25) is 0 Å². The van der Waals surface area contributed by atoms with E-state index in [1.807, 2.05) is 0 Å². The Hall–Kier alpha value is -0.410. The number of aliphatic hydroxyl groups is 1. The molecule has 1 nitrogen and oxygen atoms in total. The quantitative estimate of drug-likeness (QED) is 0.830. The van der Waals surface area contributed by atoms with Gasteiger partial charge < -0.3 is 5.11 Å². The first-order chi connectivity index (χ1) is 5.65. The highest BCUT2D eigenvalue weighted by atomic mass is 79.9. The van der Waals surface area contributed by atoms with Crippen molar-refractivity contribution in [1.29, 1.82) is 0 Å². The molecule has 0 amide bonds. The predicted molar refractivity (Wildman–Crippen MR) is 49.3 cm³/mol. The molecule has 0 saturated carbocycles. The average molecular weight is 232 g/mol. The highest BCUT2D eigenvalue weighted by Gasteiger charge is 2.06. The second kappa shape index (κ2) is 4.01. The van der Waals surface area contributed by atoms with E-state index in [0.717, 1.165) is 0 Å². The maximum absolute atomic E-state index is 12.9. The number of rotatable bonds is 2. The van der Waals surface area contributed by atoms with Crippen LogP contribution in [-0.2, 0) is 0 Å². The summed E-state index contributed by atoms with van der Waals surface area (Å²) in [6.07, 6.45) is 0. The third-order valence-corrected chi connectivity index (χ3v) is 2.28. The molecule has 1 atom stereocenters. The highest BCUT2D eigenvalue weighted by Crippen LogP contribution is 2.20. The summed E-state index contributed by atoms with van der Waals surface area (Å²) in [5, 5.41) is 8.75. The zero-order valence-electron chi connectivity index (χ0n) is 6.43. The van der Waals surface area contributed by atoms with E-state index < -0.39 is 0 Å². The van der Waals surface area contributed by atoms with Crippen LogP contribution in [0.5, 0.6) is 0 Å². The van der Waals surface area contributed by atoms with Crippen molar-refractivity contribution in [3.8, 4) is 0 Å². The molecule has 1 rings (SSSR count). The lowest BCUT2D eigenvalue weighted by atomic mass is 10.0. The second-order valence-electron chi connectivity index (χ2n) is 2.55. The summed E-state index contributed by atoms with van der Waals surface area (Å²) in [5.74, 6) is -0.581. The van der Waals surface area contributed by atoms with Crippen LogP contribution in [0.4, 0.5) is 4.39 Å². The van der Waals surface area contributed by atoms with Gasteiger partial charge in [-0.25, -0.2) is 4.39 Å². The minimum Gasteiger partial charge on any atom is -0.396 e. The largest absolute Gasteiger partial charge is 0.396 e. The molecule has 1 aromatic rings. The van der Waals surface area contributed by atoms with Crippen LogP contribution in [0.1, 0.15) is 11.5 Å². The van der Waals surface area contributed by atoms with Crippen LogP contribution in [0.25, 0.3) is 0 Å². The summed E-state index contributed by atoms with van der Waals surface area (Å²) < 4.78 is 13.3. The number of halogens is 2. The fourth-order valence-electron chi connectivity index (χ4n) is 0.872. The molecule has 1 N–H and O–H groups in total. The molecule has 0 bridgehead atoms. The normalized spacial score (nSPS) is 13.0. The summed E-state index contributed by atoms with van der Waals surface area (Å²) in [6, 6.07) is 4.72. The van der Waals surface area contributed by atoms with Gasteiger partial charge in [0.05, 0.1) is 4.47 Å². The fraction of sp³-hybridized carbons (Fsp3) is 0.222. The van der Waals surface area contributed by atoms with Crippen molar-refractivity contribution < 1.29 is 9.50 Å². The molecule has 12 heavy (non-hydrogen) atoms. The summed E-state index contributed by atoms with van der Waals surface area (Å²) in [6.45, 7) is 3.60. The summed E-state index contributed by atoms with van der Waals surface area (Å²) in [5.41, 5.74) is 0.707. The Morgan fingerprint density at radius 1 is 1.58 bits per heavy atom. The number of benzene rings is 1. The molecule has 1 aromatic carbocycles. The van der Waals surface area contributed by atoms with Crippen LogP contribution in [0, 0.1) is 12.7 Å². The third kappa shape index (κ3) is 2.05. The molecule has 0 aromatic heterocycles. The van der Waals surface area contributed by atoms with Crippen LogP contribution < -0.4 is 0 Å². The molecular weight excluding hydrogens is 223 g/mol. The van der Waals surface area contributed by atoms with Crippen molar-refractivity contribution in [2.24, 2.45) is 0 Å². The van der Waals surface area contributed by atoms with Crippen molar-refractivity contribution in [2.45, 2.75) is 5.92 Å². The van der Waals surface area contributed by atoms with Crippen molar-refractivity contribution in [1.82, 2.24) is 0 Å². The van der Waals surface area contributed by atoms with Crippen LogP contribution in [0.2, 0.25) is 0 Å². The average Bonchev–Trinajstić information content (AvgIpc) is 2.08. The Labute approximate surface area is 79.4 Å². The second-order valence-corrected chi connectivity index (χ2v) is 3.41. The summed E-state index contributed by atoms with van der Waals surface area (Å²) in [7, 11) is 0. The van der Waals surface area contributed by atoms with E-state index in [2.05, 4.69) is 22.9 Å². The molecule has 0 heterocycles. The Balaban J connectivity index is 2.96. The van der Waals surface area contributed by atoms with E-state index in [-0.39, 0.29) is 18.3 Å². The first-order valence-corrected chi connectivity index (χ1v) is 4.33. The first kappa shape index (κ1) is 9.68. The van der Waals surface area contributed by atoms with Crippen molar-refractivity contribution >= 4 is 15.9 Å². The number of aliphatic hydroxyl groups excluding tert-OH is 1. The van der Waals surface area contributed by atoms with Gasteiger partial charge in [0.2, 0.25) is 0 Å². The number of hydrogen-bond donors (Lipinski definition) is 1. The lowest BCUT2D eigenvalue weighted by Gasteiger charge is -2.07. The maximum atomic E-state index is 12.9. The zero-order chi connectivity index (χ0) is 9.14. The molecule has 1 radical (unpaired) electrons. The van der Waals surface area contributed by atoms with Gasteiger partial charge in [-0.1, -0.05) is 6.07 Å². The molecule has 0 aliphatic heterocycles. The predicted octanol–water partition coefficient (Wildman–Crippen LogP) is 2.50. The van der Waals surface area contributed by atoms with Crippen LogP contribution in [0.15, 0.2) is 22.7 Å². The van der Waals surface area contributed by atoms with Gasteiger partial charge in [0.1, 0.15) is 5.82 Å². The van der Waals surface area contributed by atoms with E-state index in [9.17, 15) is 4.39 Å². The van der Waals surface area contributed by atoms with E-state index in [4.69, 9.17) is 5.11 Å². The first-order valence-electron chi connectivity index (χ1n) is 3.54. The van der Waals surface area contributed by atoms with Gasteiger partial charge in [-0.15, -0.1) is 0 Å². The minimum absolute atomic E-state index is 0.0684. The molecule has 0 saturated heterocycles. The molecule has 1 unspecified atom stereocenters. The van der Waals surface area contributed by atoms with E-state index in [1.54, 1.807) is 12.1 Å². The van der Waals surface area contributed by atoms with Gasteiger partial charge in [0.15, 0.2) is 0 Å². The molecule has 0 aliphatic rings. The SMILES string of the molecule is [CH2]C(CO)c1ccc(Br)c(F)c1. The van der Waals surface area contributed by atoms with Gasteiger partial charge in [0, 0.05) is 12.5 Å². The minimum atomic E-state index is -0.324. The monoisotopic (exact) mass is 231 g/mol. The van der Waals surface area contributed by atoms with Gasteiger partial charge in [0.25, 0.3) is 0 Å². The highest BCUT2D eigenvalue weighted by molar-refractivity contribution is 9.10. The topological polar surface area (TPSA) is 20.2 Å². The van der Waals surface area contributed by atoms with Crippen LogP contribution in [-0.4, -0.2) is 11.7 Å². The molecular formula is C9H9BrFO. The van der Waals surface area contributed by atoms with Gasteiger partial charge >= 0.3 is 0 Å². The molecule has 0 spiro atoms. The van der Waals surface area contributed by atoms with Crippen LogP contribution in [0.3, 0.4) is 0 Å². The summed E-state index contributed by atoms with van der Waals surface area (Å²) >= 11 is 3.04.